The Morgan fingerprint density at radius 1 is 0.412 bits per heavy atom. The normalized spacial score (nSPS) is 23.6. The third kappa shape index (κ3) is 4.17. The highest BCUT2D eigenvalue weighted by atomic mass is 16.2. The first-order valence-electron chi connectivity index (χ1n) is 17.5. The van der Waals surface area contributed by atoms with Crippen molar-refractivity contribution in [1.29, 1.82) is 0 Å². The minimum absolute atomic E-state index is 0.116. The number of allylic oxidation sites excluding steroid dienone is 2. The number of hydrogen-bond acceptors (Lipinski definition) is 3. The first-order valence-corrected chi connectivity index (χ1v) is 17.5. The molecule has 9 rings (SSSR count). The molecule has 51 heavy (non-hydrogen) atoms. The number of imide groups is 1. The van der Waals surface area contributed by atoms with Crippen LogP contribution in [-0.4, -0.2) is 17.6 Å². The van der Waals surface area contributed by atoms with E-state index in [1.165, 1.54) is 4.90 Å². The first-order chi connectivity index (χ1) is 24.9. The smallest absolute Gasteiger partial charge is 0.239 e. The fourth-order valence-electron chi connectivity index (χ4n) is 9.25. The lowest BCUT2D eigenvalue weighted by molar-refractivity contribution is -0.130. The topological polar surface area (TPSA) is 54.5 Å². The van der Waals surface area contributed by atoms with E-state index in [2.05, 4.69) is 48.5 Å². The van der Waals surface area contributed by atoms with Gasteiger partial charge in [-0.25, -0.2) is 4.90 Å². The monoisotopic (exact) mass is 661 g/mol. The van der Waals surface area contributed by atoms with Gasteiger partial charge in [0.1, 0.15) is 0 Å². The first kappa shape index (κ1) is 30.9. The molecule has 0 spiro atoms. The van der Waals surface area contributed by atoms with Crippen LogP contribution < -0.4 is 4.90 Å². The van der Waals surface area contributed by atoms with Crippen LogP contribution in [-0.2, 0) is 25.2 Å². The number of Topliss-reactive ketones (excluding diaryl/α,β-unsaturated/α-hetero) is 1. The van der Waals surface area contributed by atoms with Crippen LogP contribution in [0.3, 0.4) is 0 Å². The highest BCUT2D eigenvalue weighted by Crippen LogP contribution is 2.74. The van der Waals surface area contributed by atoms with E-state index >= 15 is 14.4 Å². The second-order valence-electron chi connectivity index (χ2n) is 14.0. The van der Waals surface area contributed by atoms with Gasteiger partial charge in [-0.05, 0) is 70.5 Å². The Morgan fingerprint density at radius 2 is 0.765 bits per heavy atom. The molecule has 2 fully saturated rings. The summed E-state index contributed by atoms with van der Waals surface area (Å²) in [4.78, 5) is 48.0. The van der Waals surface area contributed by atoms with Crippen LogP contribution in [0, 0.1) is 25.7 Å². The van der Waals surface area contributed by atoms with Crippen LogP contribution in [0.15, 0.2) is 164 Å². The predicted molar refractivity (Wildman–Crippen MR) is 202 cm³/mol. The highest BCUT2D eigenvalue weighted by Gasteiger charge is 2.82. The van der Waals surface area contributed by atoms with Crippen molar-refractivity contribution in [2.24, 2.45) is 11.8 Å². The molecular weight excluding hydrogens is 627 g/mol. The van der Waals surface area contributed by atoms with Crippen LogP contribution >= 0.6 is 0 Å². The second-order valence-corrected chi connectivity index (χ2v) is 14.0. The van der Waals surface area contributed by atoms with Gasteiger partial charge >= 0.3 is 0 Å². The summed E-state index contributed by atoms with van der Waals surface area (Å²) in [7, 11) is 0. The minimum Gasteiger partial charge on any atom is -0.297 e. The SMILES string of the molecule is Cc1ccc(C2=C(c3ccc(C)cc3)[C@@]3(c4ccccc4)C(=O)[C@@]2(c2ccccc2)[C@H]2C(=O)N(c4ccc(-c5ccccc5)cc4)C(=O)[C@@H]23)cc1. The summed E-state index contributed by atoms with van der Waals surface area (Å²) in [5, 5.41) is 0. The Morgan fingerprint density at radius 3 is 1.18 bits per heavy atom. The van der Waals surface area contributed by atoms with Gasteiger partial charge in [-0.1, -0.05) is 163 Å². The van der Waals surface area contributed by atoms with E-state index < -0.39 is 22.7 Å². The summed E-state index contributed by atoms with van der Waals surface area (Å²) >= 11 is 0. The molecule has 1 saturated heterocycles. The van der Waals surface area contributed by atoms with E-state index in [0.29, 0.717) is 5.69 Å². The van der Waals surface area contributed by atoms with Gasteiger partial charge in [-0.15, -0.1) is 0 Å². The molecule has 6 aromatic rings. The van der Waals surface area contributed by atoms with Crippen LogP contribution in [0.2, 0.25) is 0 Å². The second kappa shape index (κ2) is 11.5. The third-order valence-corrected chi connectivity index (χ3v) is 11.4. The summed E-state index contributed by atoms with van der Waals surface area (Å²) in [5.41, 5.74) is 6.66. The molecule has 0 radical (unpaired) electrons. The fourth-order valence-corrected chi connectivity index (χ4v) is 9.25. The zero-order chi connectivity index (χ0) is 34.9. The van der Waals surface area contributed by atoms with E-state index in [1.54, 1.807) is 0 Å². The molecule has 2 amide bonds. The largest absolute Gasteiger partial charge is 0.297 e. The van der Waals surface area contributed by atoms with Gasteiger partial charge in [0.05, 0.1) is 28.4 Å². The minimum atomic E-state index is -1.43. The van der Waals surface area contributed by atoms with E-state index in [-0.39, 0.29) is 17.6 Å². The predicted octanol–water partition coefficient (Wildman–Crippen LogP) is 9.16. The van der Waals surface area contributed by atoms with Crippen molar-refractivity contribution in [3.63, 3.8) is 0 Å². The summed E-state index contributed by atoms with van der Waals surface area (Å²) in [6, 6.07) is 53.5. The number of aryl methyl sites for hydroxylation is 2. The Labute approximate surface area is 297 Å². The van der Waals surface area contributed by atoms with Crippen molar-refractivity contribution >= 4 is 34.4 Å². The van der Waals surface area contributed by atoms with Crippen molar-refractivity contribution in [1.82, 2.24) is 0 Å². The van der Waals surface area contributed by atoms with E-state index in [9.17, 15) is 0 Å². The van der Waals surface area contributed by atoms with Crippen LogP contribution in [0.5, 0.6) is 0 Å². The molecule has 4 atom stereocenters. The van der Waals surface area contributed by atoms with Crippen molar-refractivity contribution < 1.29 is 14.4 Å². The van der Waals surface area contributed by atoms with Gasteiger partial charge < -0.3 is 0 Å². The maximum absolute atomic E-state index is 16.1. The number of amides is 2. The van der Waals surface area contributed by atoms with Gasteiger partial charge in [-0.2, -0.15) is 0 Å². The molecule has 0 N–H and O–H groups in total. The molecule has 1 aliphatic heterocycles. The average molecular weight is 662 g/mol. The van der Waals surface area contributed by atoms with Gasteiger partial charge in [0.15, 0.2) is 5.78 Å². The molecule has 4 nitrogen and oxygen atoms in total. The van der Waals surface area contributed by atoms with Crippen LogP contribution in [0.25, 0.3) is 22.3 Å². The van der Waals surface area contributed by atoms with Crippen molar-refractivity contribution in [2.75, 3.05) is 4.90 Å². The molecular formula is C47H35NO3. The molecule has 0 unspecified atom stereocenters. The molecule has 2 aliphatic carbocycles. The molecule has 1 heterocycles. The van der Waals surface area contributed by atoms with Crippen LogP contribution in [0.1, 0.15) is 33.4 Å². The summed E-state index contributed by atoms with van der Waals surface area (Å²) < 4.78 is 0. The molecule has 3 aliphatic rings. The number of fused-ring (bicyclic) bond motifs is 5. The van der Waals surface area contributed by atoms with Gasteiger partial charge in [-0.3, -0.25) is 14.4 Å². The maximum Gasteiger partial charge on any atom is 0.239 e. The molecule has 2 bridgehead atoms. The Bertz CT molecular complexity index is 2240. The summed E-state index contributed by atoms with van der Waals surface area (Å²) in [6.07, 6.45) is 0. The Hall–Kier alpha value is -6.13. The lowest BCUT2D eigenvalue weighted by Gasteiger charge is -2.39. The molecule has 1 saturated carbocycles. The quantitative estimate of drug-likeness (QED) is 0.167. The Kier molecular flexibility index (Phi) is 6.94. The highest BCUT2D eigenvalue weighted by molar-refractivity contribution is 6.39. The number of rotatable bonds is 6. The molecule has 4 heteroatoms. The van der Waals surface area contributed by atoms with Gasteiger partial charge in [0.2, 0.25) is 11.8 Å². The third-order valence-electron chi connectivity index (χ3n) is 11.4. The van der Waals surface area contributed by atoms with E-state index in [1.807, 2.05) is 129 Å². The van der Waals surface area contributed by atoms with E-state index in [0.717, 1.165) is 55.7 Å². The number of ketones is 1. The molecule has 246 valence electrons. The number of benzene rings is 6. The number of hydrogen-bond donors (Lipinski definition) is 0. The van der Waals surface area contributed by atoms with Crippen molar-refractivity contribution in [3.05, 3.63) is 197 Å². The number of anilines is 1. The Balaban J connectivity index is 1.36. The lowest BCUT2D eigenvalue weighted by atomic mass is 9.59. The molecule has 0 aromatic heterocycles. The average Bonchev–Trinajstić information content (AvgIpc) is 3.68. The van der Waals surface area contributed by atoms with Gasteiger partial charge in [0, 0.05) is 0 Å². The molecule has 6 aromatic carbocycles. The van der Waals surface area contributed by atoms with Crippen LogP contribution in [0.4, 0.5) is 5.69 Å². The fraction of sp³-hybridized carbons (Fsp3) is 0.128. The number of nitrogens with zero attached hydrogens (tertiary/aromatic N) is 1. The maximum atomic E-state index is 16.1. The van der Waals surface area contributed by atoms with Crippen molar-refractivity contribution in [3.8, 4) is 11.1 Å². The van der Waals surface area contributed by atoms with Gasteiger partial charge in [0.25, 0.3) is 0 Å². The lowest BCUT2D eigenvalue weighted by Crippen LogP contribution is -2.45. The number of carbonyl (C=O) groups excluding carboxylic acids is 3. The zero-order valence-electron chi connectivity index (χ0n) is 28.4. The van der Waals surface area contributed by atoms with Crippen molar-refractivity contribution in [2.45, 2.75) is 24.7 Å². The summed E-state index contributed by atoms with van der Waals surface area (Å²) in [6.45, 7) is 4.08. The zero-order valence-corrected chi connectivity index (χ0v) is 28.4. The van der Waals surface area contributed by atoms with E-state index in [4.69, 9.17) is 0 Å². The summed E-state index contributed by atoms with van der Waals surface area (Å²) in [5.74, 6) is -2.73. The number of carbonyl (C=O) groups is 3. The standard InChI is InChI=1S/C47H35NO3/c1-30-18-22-34(23-19-30)39-40(35-24-20-31(2)21-25-35)47(37-16-10-5-11-17-37)42-41(46(39,45(47)51)36-14-8-4-9-15-36)43(49)48(44(42)50)38-28-26-33(27-29-38)32-12-6-3-7-13-32/h3-29,41-42H,1-2H3/t41-,42-,46-,47-/m1/s1.